The summed E-state index contributed by atoms with van der Waals surface area (Å²) < 4.78 is 0. The molecule has 0 radical (unpaired) electrons. The van der Waals surface area contributed by atoms with E-state index < -0.39 is 5.72 Å². The van der Waals surface area contributed by atoms with Crippen LogP contribution in [0.15, 0.2) is 53.2 Å². The Balaban J connectivity index is 2.09. The van der Waals surface area contributed by atoms with Crippen molar-refractivity contribution in [3.05, 3.63) is 64.4 Å². The molecule has 1 atom stereocenters. The van der Waals surface area contributed by atoms with Gasteiger partial charge in [0.2, 0.25) is 5.72 Å². The van der Waals surface area contributed by atoms with E-state index in [9.17, 15) is 9.90 Å². The number of thiophene rings is 1. The number of amides is 1. The lowest BCUT2D eigenvalue weighted by atomic mass is 10.0. The van der Waals surface area contributed by atoms with E-state index in [1.165, 1.54) is 11.3 Å². The van der Waals surface area contributed by atoms with Crippen LogP contribution in [0.25, 0.3) is 5.57 Å². The number of hydrogen-bond acceptors (Lipinski definition) is 4. The van der Waals surface area contributed by atoms with E-state index in [1.54, 1.807) is 19.1 Å². The third kappa shape index (κ3) is 2.29. The molecule has 1 aromatic heterocycles. The number of carbonyl (C=O) groups excluding carboxylic acids is 1. The maximum Gasteiger partial charge on any atom is 0.281 e. The average Bonchev–Trinajstić information content (AvgIpc) is 3.12. The normalized spacial score (nSPS) is 21.7. The number of hydrogen-bond donors (Lipinski definition) is 1. The molecule has 4 nitrogen and oxygen atoms in total. The van der Waals surface area contributed by atoms with Crippen LogP contribution in [0.4, 0.5) is 0 Å². The third-order valence-corrected chi connectivity index (χ3v) is 4.04. The van der Waals surface area contributed by atoms with Crippen molar-refractivity contribution >= 4 is 22.8 Å². The number of hydroxylamine groups is 2. The Kier molecular flexibility index (Phi) is 3.63. The Bertz CT molecular complexity index is 666. The van der Waals surface area contributed by atoms with E-state index in [0.29, 0.717) is 17.7 Å². The molecule has 0 saturated heterocycles. The van der Waals surface area contributed by atoms with Gasteiger partial charge in [-0.1, -0.05) is 30.3 Å². The fraction of sp³-hybridized carbons (Fsp3) is 0.188. The van der Waals surface area contributed by atoms with Crippen LogP contribution in [0.1, 0.15) is 18.1 Å². The predicted molar refractivity (Wildman–Crippen MR) is 81.1 cm³/mol. The topological polar surface area (TPSA) is 49.8 Å². The zero-order valence-corrected chi connectivity index (χ0v) is 12.3. The van der Waals surface area contributed by atoms with E-state index in [2.05, 4.69) is 0 Å². The molecule has 21 heavy (non-hydrogen) atoms. The van der Waals surface area contributed by atoms with Gasteiger partial charge in [0.1, 0.15) is 0 Å². The molecule has 1 amide bonds. The number of rotatable bonds is 4. The van der Waals surface area contributed by atoms with Crippen LogP contribution < -0.4 is 0 Å². The molecule has 3 rings (SSSR count). The minimum Gasteiger partial charge on any atom is -0.362 e. The Hall–Kier alpha value is -1.95. The van der Waals surface area contributed by atoms with Crippen LogP contribution in [0, 0.1) is 0 Å². The molecule has 1 aromatic carbocycles. The number of carbonyl (C=O) groups is 1. The summed E-state index contributed by atoms with van der Waals surface area (Å²) in [5.74, 6) is -0.336. The van der Waals surface area contributed by atoms with Crippen molar-refractivity contribution in [3.63, 3.8) is 0 Å². The summed E-state index contributed by atoms with van der Waals surface area (Å²) in [5, 5.41) is 15.7. The van der Waals surface area contributed by atoms with Crippen LogP contribution in [0.5, 0.6) is 0 Å². The molecule has 0 saturated carbocycles. The van der Waals surface area contributed by atoms with E-state index in [-0.39, 0.29) is 5.91 Å². The first-order chi connectivity index (χ1) is 10.2. The van der Waals surface area contributed by atoms with Gasteiger partial charge in [0, 0.05) is 5.56 Å². The second-order valence-electron chi connectivity index (χ2n) is 4.68. The first-order valence-electron chi connectivity index (χ1n) is 6.67. The molecule has 0 fully saturated rings. The lowest BCUT2D eigenvalue weighted by Crippen LogP contribution is -2.43. The molecule has 1 unspecified atom stereocenters. The molecule has 1 N–H and O–H groups in total. The van der Waals surface area contributed by atoms with Gasteiger partial charge < -0.3 is 5.11 Å². The first-order valence-corrected chi connectivity index (χ1v) is 7.62. The molecule has 0 spiro atoms. The maximum atomic E-state index is 12.6. The Labute approximate surface area is 126 Å². The van der Waals surface area contributed by atoms with E-state index in [1.807, 2.05) is 41.1 Å². The summed E-state index contributed by atoms with van der Waals surface area (Å²) in [6.07, 6.45) is 1.56. The highest BCUT2D eigenvalue weighted by molar-refractivity contribution is 7.08. The summed E-state index contributed by atoms with van der Waals surface area (Å²) in [4.78, 5) is 18.0. The van der Waals surface area contributed by atoms with Gasteiger partial charge in [-0.25, -0.2) is 0 Å². The monoisotopic (exact) mass is 301 g/mol. The fourth-order valence-corrected chi connectivity index (χ4v) is 3.07. The Morgan fingerprint density at radius 3 is 2.67 bits per heavy atom. The maximum absolute atomic E-state index is 12.6. The largest absolute Gasteiger partial charge is 0.362 e. The molecule has 2 heterocycles. The minimum atomic E-state index is -1.56. The zero-order chi connectivity index (χ0) is 14.9. The van der Waals surface area contributed by atoms with Crippen LogP contribution in [0.2, 0.25) is 0 Å². The van der Waals surface area contributed by atoms with Crippen LogP contribution in [-0.2, 0) is 15.4 Å². The van der Waals surface area contributed by atoms with Gasteiger partial charge in [-0.2, -0.15) is 16.4 Å². The quantitative estimate of drug-likeness (QED) is 0.944. The van der Waals surface area contributed by atoms with Crippen LogP contribution in [0.3, 0.4) is 0 Å². The van der Waals surface area contributed by atoms with Gasteiger partial charge in [0.25, 0.3) is 5.91 Å². The summed E-state index contributed by atoms with van der Waals surface area (Å²) in [6, 6.07) is 11.1. The summed E-state index contributed by atoms with van der Waals surface area (Å²) in [7, 11) is 0. The second kappa shape index (κ2) is 5.44. The molecule has 108 valence electrons. The van der Waals surface area contributed by atoms with Gasteiger partial charge in [0.15, 0.2) is 0 Å². The van der Waals surface area contributed by atoms with Gasteiger partial charge in [0.05, 0.1) is 12.2 Å². The molecular formula is C16H15NO3S. The zero-order valence-electron chi connectivity index (χ0n) is 11.5. The predicted octanol–water partition coefficient (Wildman–Crippen LogP) is 2.77. The highest BCUT2D eigenvalue weighted by atomic mass is 32.1. The van der Waals surface area contributed by atoms with Crippen molar-refractivity contribution in [2.75, 3.05) is 6.61 Å². The minimum absolute atomic E-state index is 0.300. The summed E-state index contributed by atoms with van der Waals surface area (Å²) in [6.45, 7) is 2.08. The lowest BCUT2D eigenvalue weighted by molar-refractivity contribution is -0.254. The van der Waals surface area contributed by atoms with Crippen molar-refractivity contribution in [1.82, 2.24) is 5.06 Å². The average molecular weight is 301 g/mol. The Morgan fingerprint density at radius 1 is 1.29 bits per heavy atom. The van der Waals surface area contributed by atoms with E-state index in [4.69, 9.17) is 4.84 Å². The van der Waals surface area contributed by atoms with E-state index in [0.717, 1.165) is 10.6 Å². The van der Waals surface area contributed by atoms with Gasteiger partial charge in [-0.3, -0.25) is 9.63 Å². The van der Waals surface area contributed by atoms with Crippen molar-refractivity contribution in [1.29, 1.82) is 0 Å². The Morgan fingerprint density at radius 2 is 2.05 bits per heavy atom. The highest BCUT2D eigenvalue weighted by Crippen LogP contribution is 2.39. The molecule has 5 heteroatoms. The molecule has 0 aliphatic carbocycles. The highest BCUT2D eigenvalue weighted by Gasteiger charge is 2.47. The molecular weight excluding hydrogens is 286 g/mol. The summed E-state index contributed by atoms with van der Waals surface area (Å²) >= 11 is 1.46. The van der Waals surface area contributed by atoms with Crippen molar-refractivity contribution in [2.45, 2.75) is 12.6 Å². The van der Waals surface area contributed by atoms with Gasteiger partial charge >= 0.3 is 0 Å². The lowest BCUT2D eigenvalue weighted by Gasteiger charge is -2.30. The van der Waals surface area contributed by atoms with Crippen molar-refractivity contribution < 1.29 is 14.7 Å². The number of benzene rings is 1. The molecule has 1 aliphatic rings. The third-order valence-electron chi connectivity index (χ3n) is 3.36. The molecule has 1 aliphatic heterocycles. The molecule has 0 bridgehead atoms. The summed E-state index contributed by atoms with van der Waals surface area (Å²) in [5.41, 5.74) is 0.273. The van der Waals surface area contributed by atoms with Gasteiger partial charge in [-0.05, 0) is 35.4 Å². The number of aliphatic hydroxyl groups is 1. The first kappa shape index (κ1) is 14.0. The fourth-order valence-electron chi connectivity index (χ4n) is 2.37. The van der Waals surface area contributed by atoms with Crippen LogP contribution >= 0.6 is 11.3 Å². The number of nitrogens with zero attached hydrogens (tertiary/aromatic N) is 1. The molecule has 2 aromatic rings. The standard InChI is InChI=1S/C16H15NO3S/c1-2-20-17-15(18)14(12-6-4-3-5-7-12)10-16(17,19)13-8-9-21-11-13/h3-11,19H,2H2,1H3. The smallest absolute Gasteiger partial charge is 0.281 e. The second-order valence-corrected chi connectivity index (χ2v) is 5.46. The van der Waals surface area contributed by atoms with Gasteiger partial charge in [-0.15, -0.1) is 0 Å². The van der Waals surface area contributed by atoms with Crippen molar-refractivity contribution in [2.24, 2.45) is 0 Å². The van der Waals surface area contributed by atoms with E-state index >= 15 is 0 Å². The van der Waals surface area contributed by atoms with Crippen molar-refractivity contribution in [3.8, 4) is 0 Å². The SMILES string of the molecule is CCON1C(=O)C(c2ccccc2)=CC1(O)c1ccsc1. The van der Waals surface area contributed by atoms with Crippen LogP contribution in [-0.4, -0.2) is 22.7 Å².